The molecule has 0 unspecified atom stereocenters. The van der Waals surface area contributed by atoms with Gasteiger partial charge in [0.2, 0.25) is 0 Å². The maximum Gasteiger partial charge on any atom is 0.269 e. The minimum atomic E-state index is -0.157. The van der Waals surface area contributed by atoms with Gasteiger partial charge in [0.15, 0.2) is 5.65 Å². The molecule has 31 heavy (non-hydrogen) atoms. The van der Waals surface area contributed by atoms with Gasteiger partial charge in [0.25, 0.3) is 5.91 Å². The highest BCUT2D eigenvalue weighted by molar-refractivity contribution is 5.95. The predicted octanol–water partition coefficient (Wildman–Crippen LogP) is 2.39. The maximum absolute atomic E-state index is 13.1. The third-order valence-electron chi connectivity index (χ3n) is 5.99. The van der Waals surface area contributed by atoms with Crippen molar-refractivity contribution in [3.63, 3.8) is 0 Å². The van der Waals surface area contributed by atoms with Gasteiger partial charge in [-0.15, -0.1) is 0 Å². The number of aromatic amines is 1. The number of nitrogens with zero attached hydrogens (tertiary/aromatic N) is 5. The minimum Gasteiger partial charge on any atom is -0.379 e. The number of amides is 1. The van der Waals surface area contributed by atoms with E-state index in [0.717, 1.165) is 54.3 Å². The van der Waals surface area contributed by atoms with Crippen LogP contribution in [0, 0.1) is 6.92 Å². The van der Waals surface area contributed by atoms with E-state index in [2.05, 4.69) is 58.2 Å². The molecule has 166 valence electrons. The zero-order valence-corrected chi connectivity index (χ0v) is 18.9. The molecule has 4 heterocycles. The van der Waals surface area contributed by atoms with Crippen LogP contribution in [-0.4, -0.2) is 74.0 Å². The van der Waals surface area contributed by atoms with Crippen LogP contribution in [-0.2, 0) is 4.74 Å². The van der Waals surface area contributed by atoms with E-state index in [1.807, 2.05) is 19.2 Å². The molecule has 0 aromatic carbocycles. The topological polar surface area (TPSA) is 100 Å². The summed E-state index contributed by atoms with van der Waals surface area (Å²) in [4.78, 5) is 19.8. The Labute approximate surface area is 182 Å². The van der Waals surface area contributed by atoms with Gasteiger partial charge in [0.1, 0.15) is 12.0 Å². The second-order valence-corrected chi connectivity index (χ2v) is 9.05. The van der Waals surface area contributed by atoms with Crippen molar-refractivity contribution in [1.82, 2.24) is 35.0 Å². The average Bonchev–Trinajstić information content (AvgIpc) is 3.40. The summed E-state index contributed by atoms with van der Waals surface area (Å²) in [6, 6.07) is 2.04. The van der Waals surface area contributed by atoms with Crippen LogP contribution in [0.2, 0.25) is 0 Å². The third kappa shape index (κ3) is 4.20. The highest BCUT2D eigenvalue weighted by atomic mass is 16.5. The van der Waals surface area contributed by atoms with Crippen LogP contribution in [0.4, 0.5) is 0 Å². The summed E-state index contributed by atoms with van der Waals surface area (Å²) in [5.41, 5.74) is 4.76. The van der Waals surface area contributed by atoms with Gasteiger partial charge >= 0.3 is 0 Å². The van der Waals surface area contributed by atoms with Crippen LogP contribution >= 0.6 is 0 Å². The number of rotatable bonds is 6. The molecular weight excluding hydrogens is 394 g/mol. The van der Waals surface area contributed by atoms with Gasteiger partial charge in [-0.25, -0.2) is 9.50 Å². The van der Waals surface area contributed by atoms with Crippen molar-refractivity contribution in [2.45, 2.75) is 46.1 Å². The molecule has 3 aromatic heterocycles. The predicted molar refractivity (Wildman–Crippen MR) is 118 cm³/mol. The van der Waals surface area contributed by atoms with E-state index in [4.69, 9.17) is 4.74 Å². The zero-order chi connectivity index (χ0) is 22.2. The van der Waals surface area contributed by atoms with Crippen LogP contribution in [0.5, 0.6) is 0 Å². The van der Waals surface area contributed by atoms with Crippen molar-refractivity contribution in [2.24, 2.45) is 0 Å². The largest absolute Gasteiger partial charge is 0.379 e. The molecule has 0 bridgehead atoms. The molecule has 3 aromatic rings. The highest BCUT2D eigenvalue weighted by Gasteiger charge is 2.30. The maximum atomic E-state index is 13.1. The summed E-state index contributed by atoms with van der Waals surface area (Å²) >= 11 is 0. The number of H-pyrrole nitrogens is 1. The lowest BCUT2D eigenvalue weighted by Crippen LogP contribution is -2.55. The van der Waals surface area contributed by atoms with Crippen molar-refractivity contribution in [3.8, 4) is 11.3 Å². The molecule has 1 fully saturated rings. The van der Waals surface area contributed by atoms with E-state index in [1.165, 1.54) is 6.33 Å². The van der Waals surface area contributed by atoms with Gasteiger partial charge in [-0.2, -0.15) is 10.2 Å². The van der Waals surface area contributed by atoms with Crippen LogP contribution in [0.1, 0.15) is 55.2 Å². The molecule has 0 radical (unpaired) electrons. The van der Waals surface area contributed by atoms with Crippen molar-refractivity contribution in [3.05, 3.63) is 35.4 Å². The first-order valence-electron chi connectivity index (χ1n) is 10.8. The summed E-state index contributed by atoms with van der Waals surface area (Å²) in [7, 11) is 0. The number of morpholine rings is 1. The Hall–Kier alpha value is -2.78. The Balaban J connectivity index is 1.58. The van der Waals surface area contributed by atoms with Gasteiger partial charge in [0, 0.05) is 42.5 Å². The van der Waals surface area contributed by atoms with Crippen molar-refractivity contribution < 1.29 is 9.53 Å². The Bertz CT molecular complexity index is 1080. The SMILES string of the molecule is Cc1cc(-c2n[nH]c(C(=O)NCC(C)(C)N3CCOCC3)c2C(C)C)cn2ncnc12. The summed E-state index contributed by atoms with van der Waals surface area (Å²) in [6.45, 7) is 14.2. The van der Waals surface area contributed by atoms with Gasteiger partial charge in [-0.1, -0.05) is 13.8 Å². The van der Waals surface area contributed by atoms with E-state index >= 15 is 0 Å². The van der Waals surface area contributed by atoms with E-state index in [9.17, 15) is 4.79 Å². The van der Waals surface area contributed by atoms with Crippen LogP contribution < -0.4 is 5.32 Å². The number of hydrogen-bond acceptors (Lipinski definition) is 6. The fourth-order valence-electron chi connectivity index (χ4n) is 4.19. The number of pyridine rings is 1. The smallest absolute Gasteiger partial charge is 0.269 e. The number of fused-ring (bicyclic) bond motifs is 1. The number of carbonyl (C=O) groups excluding carboxylic acids is 1. The van der Waals surface area contributed by atoms with Crippen LogP contribution in [0.25, 0.3) is 16.9 Å². The fourth-order valence-corrected chi connectivity index (χ4v) is 4.19. The molecule has 1 amide bonds. The van der Waals surface area contributed by atoms with Gasteiger partial charge < -0.3 is 10.1 Å². The van der Waals surface area contributed by atoms with E-state index < -0.39 is 0 Å². The fraction of sp³-hybridized carbons (Fsp3) is 0.545. The standard InChI is InChI=1S/C22H31N7O2/c1-14(2)17-18(16-10-15(3)20-24-13-25-29(20)11-16)26-27-19(17)21(30)23-12-22(4,5)28-6-8-31-9-7-28/h10-11,13-14H,6-9,12H2,1-5H3,(H,23,30)(H,26,27). The number of hydrogen-bond donors (Lipinski definition) is 2. The number of aryl methyl sites for hydroxylation is 1. The zero-order valence-electron chi connectivity index (χ0n) is 18.9. The quantitative estimate of drug-likeness (QED) is 0.629. The number of aromatic nitrogens is 5. The lowest BCUT2D eigenvalue weighted by molar-refractivity contribution is -0.00924. The summed E-state index contributed by atoms with van der Waals surface area (Å²) in [5.74, 6) is -0.0177. The molecule has 1 aliphatic heterocycles. The van der Waals surface area contributed by atoms with E-state index in [-0.39, 0.29) is 17.4 Å². The van der Waals surface area contributed by atoms with E-state index in [1.54, 1.807) is 4.52 Å². The third-order valence-corrected chi connectivity index (χ3v) is 5.99. The Morgan fingerprint density at radius 1 is 1.32 bits per heavy atom. The monoisotopic (exact) mass is 425 g/mol. The van der Waals surface area contributed by atoms with Crippen LogP contribution in [0.15, 0.2) is 18.6 Å². The molecular formula is C22H31N7O2. The van der Waals surface area contributed by atoms with Crippen molar-refractivity contribution in [2.75, 3.05) is 32.8 Å². The lowest BCUT2D eigenvalue weighted by Gasteiger charge is -2.40. The van der Waals surface area contributed by atoms with E-state index in [0.29, 0.717) is 12.2 Å². The molecule has 1 aliphatic rings. The summed E-state index contributed by atoms with van der Waals surface area (Å²) in [5, 5.41) is 14.9. The molecule has 0 spiro atoms. The number of nitrogens with one attached hydrogen (secondary N) is 2. The summed E-state index contributed by atoms with van der Waals surface area (Å²) < 4.78 is 7.20. The van der Waals surface area contributed by atoms with Crippen molar-refractivity contribution >= 4 is 11.6 Å². The Morgan fingerprint density at radius 3 is 2.77 bits per heavy atom. The van der Waals surface area contributed by atoms with Gasteiger partial charge in [-0.3, -0.25) is 14.8 Å². The first-order chi connectivity index (χ1) is 14.8. The molecule has 0 saturated carbocycles. The van der Waals surface area contributed by atoms with Crippen molar-refractivity contribution in [1.29, 1.82) is 0 Å². The highest BCUT2D eigenvalue weighted by Crippen LogP contribution is 2.31. The first kappa shape index (κ1) is 21.5. The molecule has 0 atom stereocenters. The average molecular weight is 426 g/mol. The molecule has 9 heteroatoms. The normalized spacial score (nSPS) is 15.7. The molecule has 0 aliphatic carbocycles. The van der Waals surface area contributed by atoms with Crippen LogP contribution in [0.3, 0.4) is 0 Å². The first-order valence-corrected chi connectivity index (χ1v) is 10.8. The molecule has 2 N–H and O–H groups in total. The van der Waals surface area contributed by atoms with Gasteiger partial charge in [-0.05, 0) is 38.3 Å². The molecule has 1 saturated heterocycles. The minimum absolute atomic E-state index is 0.119. The Kier molecular flexibility index (Phi) is 5.81. The molecule has 4 rings (SSSR count). The Morgan fingerprint density at radius 2 is 2.06 bits per heavy atom. The van der Waals surface area contributed by atoms with Gasteiger partial charge in [0.05, 0.1) is 18.9 Å². The summed E-state index contributed by atoms with van der Waals surface area (Å²) in [6.07, 6.45) is 3.44. The second-order valence-electron chi connectivity index (χ2n) is 9.05. The number of ether oxygens (including phenoxy) is 1. The second kappa shape index (κ2) is 8.39. The lowest BCUT2D eigenvalue weighted by atomic mass is 9.96. The number of carbonyl (C=O) groups is 1. The molecule has 9 nitrogen and oxygen atoms in total.